The molecule has 88 valence electrons. The zero-order chi connectivity index (χ0) is 12.4. The van der Waals surface area contributed by atoms with E-state index in [4.69, 9.17) is 0 Å². The summed E-state index contributed by atoms with van der Waals surface area (Å²) in [5, 5.41) is 9.30. The van der Waals surface area contributed by atoms with Crippen molar-refractivity contribution < 1.29 is 9.90 Å². The van der Waals surface area contributed by atoms with E-state index in [1.54, 1.807) is 4.57 Å². The average Bonchev–Trinajstić information content (AvgIpc) is 2.73. The smallest absolute Gasteiger partial charge is 0.353 e. The minimum Gasteiger partial charge on any atom is -0.477 e. The molecule has 0 unspecified atom stereocenters. The van der Waals surface area contributed by atoms with E-state index in [2.05, 4.69) is 0 Å². The summed E-state index contributed by atoms with van der Waals surface area (Å²) in [4.78, 5) is 11.3. The Morgan fingerprint density at radius 2 is 1.94 bits per heavy atom. The molecule has 17 heavy (non-hydrogen) atoms. The largest absolute Gasteiger partial charge is 0.477 e. The Hall–Kier alpha value is -2.03. The van der Waals surface area contributed by atoms with Gasteiger partial charge < -0.3 is 9.67 Å². The fourth-order valence-corrected chi connectivity index (χ4v) is 2.07. The third-order valence-corrected chi connectivity index (χ3v) is 2.94. The van der Waals surface area contributed by atoms with Crippen LogP contribution in [0.5, 0.6) is 0 Å². The van der Waals surface area contributed by atoms with Crippen LogP contribution in [0.15, 0.2) is 36.5 Å². The normalized spacial score (nSPS) is 10.5. The van der Waals surface area contributed by atoms with E-state index in [9.17, 15) is 9.90 Å². The van der Waals surface area contributed by atoms with Crippen molar-refractivity contribution in [2.45, 2.75) is 20.4 Å². The molecule has 0 atom stereocenters. The summed E-state index contributed by atoms with van der Waals surface area (Å²) < 4.78 is 1.75. The molecule has 0 amide bonds. The molecule has 3 heteroatoms. The molecule has 2 aromatic rings. The summed E-state index contributed by atoms with van der Waals surface area (Å²) >= 11 is 0. The standard InChI is InChI=1S/C14H15NO2/c1-3-15-9-8-12(13(15)14(16)17)11-7-5-4-6-10(11)2/h4-9H,3H2,1-2H3,(H,16,17). The van der Waals surface area contributed by atoms with Crippen LogP contribution in [0.3, 0.4) is 0 Å². The number of hydrogen-bond donors (Lipinski definition) is 1. The predicted molar refractivity (Wildman–Crippen MR) is 67.2 cm³/mol. The molecule has 1 aromatic carbocycles. The fourth-order valence-electron chi connectivity index (χ4n) is 2.07. The van der Waals surface area contributed by atoms with Crippen LogP contribution in [0.4, 0.5) is 0 Å². The molecule has 1 N–H and O–H groups in total. The van der Waals surface area contributed by atoms with Gasteiger partial charge in [-0.1, -0.05) is 24.3 Å². The van der Waals surface area contributed by atoms with Crippen LogP contribution in [0, 0.1) is 6.92 Å². The van der Waals surface area contributed by atoms with E-state index >= 15 is 0 Å². The van der Waals surface area contributed by atoms with Gasteiger partial charge in [0, 0.05) is 18.3 Å². The molecule has 0 aliphatic heterocycles. The average molecular weight is 229 g/mol. The molecule has 0 saturated heterocycles. The van der Waals surface area contributed by atoms with Crippen LogP contribution in [0.25, 0.3) is 11.1 Å². The second kappa shape index (κ2) is 4.45. The third-order valence-electron chi connectivity index (χ3n) is 2.94. The zero-order valence-electron chi connectivity index (χ0n) is 9.97. The van der Waals surface area contributed by atoms with Crippen molar-refractivity contribution in [2.75, 3.05) is 0 Å². The van der Waals surface area contributed by atoms with Gasteiger partial charge in [-0.3, -0.25) is 0 Å². The summed E-state index contributed by atoms with van der Waals surface area (Å²) in [7, 11) is 0. The molecular weight excluding hydrogens is 214 g/mol. The molecule has 0 aliphatic rings. The minimum absolute atomic E-state index is 0.363. The lowest BCUT2D eigenvalue weighted by Crippen LogP contribution is -2.07. The summed E-state index contributed by atoms with van der Waals surface area (Å²) in [5.41, 5.74) is 3.22. The van der Waals surface area contributed by atoms with Crippen molar-refractivity contribution in [3.05, 3.63) is 47.8 Å². The Labute approximate surface area is 100 Å². The number of rotatable bonds is 3. The second-order valence-corrected chi connectivity index (χ2v) is 3.98. The molecular formula is C14H15NO2. The minimum atomic E-state index is -0.880. The Balaban J connectivity index is 2.64. The third kappa shape index (κ3) is 1.96. The van der Waals surface area contributed by atoms with E-state index in [1.807, 2.05) is 50.4 Å². The number of carbonyl (C=O) groups is 1. The fraction of sp³-hybridized carbons (Fsp3) is 0.214. The summed E-state index contributed by atoms with van der Waals surface area (Å²) in [5.74, 6) is -0.880. The molecule has 0 spiro atoms. The maximum Gasteiger partial charge on any atom is 0.353 e. The van der Waals surface area contributed by atoms with Crippen molar-refractivity contribution >= 4 is 5.97 Å². The summed E-state index contributed by atoms with van der Waals surface area (Å²) in [6.45, 7) is 4.59. The monoisotopic (exact) mass is 229 g/mol. The number of carboxylic acid groups (broad SMARTS) is 1. The molecule has 1 heterocycles. The first-order chi connectivity index (χ1) is 8.15. The van der Waals surface area contributed by atoms with E-state index in [0.717, 1.165) is 16.7 Å². The van der Waals surface area contributed by atoms with Gasteiger partial charge >= 0.3 is 5.97 Å². The Morgan fingerprint density at radius 3 is 2.53 bits per heavy atom. The topological polar surface area (TPSA) is 42.2 Å². The van der Waals surface area contributed by atoms with Gasteiger partial charge in [0.1, 0.15) is 5.69 Å². The first-order valence-corrected chi connectivity index (χ1v) is 5.63. The maximum absolute atomic E-state index is 11.3. The van der Waals surface area contributed by atoms with Crippen LogP contribution in [-0.4, -0.2) is 15.6 Å². The van der Waals surface area contributed by atoms with Crippen molar-refractivity contribution in [1.82, 2.24) is 4.57 Å². The van der Waals surface area contributed by atoms with Gasteiger partial charge in [0.15, 0.2) is 0 Å². The van der Waals surface area contributed by atoms with Crippen molar-refractivity contribution in [1.29, 1.82) is 0 Å². The Morgan fingerprint density at radius 1 is 1.24 bits per heavy atom. The highest BCUT2D eigenvalue weighted by Crippen LogP contribution is 2.27. The number of aryl methyl sites for hydroxylation is 2. The summed E-state index contributed by atoms with van der Waals surface area (Å²) in [6.07, 6.45) is 1.82. The number of carboxylic acids is 1. The molecule has 2 rings (SSSR count). The van der Waals surface area contributed by atoms with E-state index in [1.165, 1.54) is 0 Å². The van der Waals surface area contributed by atoms with Crippen LogP contribution in [-0.2, 0) is 6.54 Å². The van der Waals surface area contributed by atoms with Crippen LogP contribution < -0.4 is 0 Å². The molecule has 0 radical (unpaired) electrons. The number of nitrogens with zero attached hydrogens (tertiary/aromatic N) is 1. The molecule has 3 nitrogen and oxygen atoms in total. The summed E-state index contributed by atoms with van der Waals surface area (Å²) in [6, 6.07) is 9.70. The van der Waals surface area contributed by atoms with Crippen LogP contribution in [0.1, 0.15) is 23.0 Å². The number of benzene rings is 1. The van der Waals surface area contributed by atoms with Gasteiger partial charge in [0.25, 0.3) is 0 Å². The molecule has 0 bridgehead atoms. The van der Waals surface area contributed by atoms with Crippen molar-refractivity contribution in [2.24, 2.45) is 0 Å². The molecule has 1 aromatic heterocycles. The highest BCUT2D eigenvalue weighted by molar-refractivity contribution is 5.95. The zero-order valence-corrected chi connectivity index (χ0v) is 9.97. The van der Waals surface area contributed by atoms with Gasteiger partial charge in [-0.15, -0.1) is 0 Å². The van der Waals surface area contributed by atoms with Crippen molar-refractivity contribution in [3.63, 3.8) is 0 Å². The quantitative estimate of drug-likeness (QED) is 0.878. The predicted octanol–water partition coefficient (Wildman–Crippen LogP) is 3.18. The van der Waals surface area contributed by atoms with E-state index in [0.29, 0.717) is 12.2 Å². The Kier molecular flexibility index (Phi) is 3.00. The second-order valence-electron chi connectivity index (χ2n) is 3.98. The molecule has 0 saturated carbocycles. The lowest BCUT2D eigenvalue weighted by Gasteiger charge is -2.07. The maximum atomic E-state index is 11.3. The Bertz CT molecular complexity index is 555. The van der Waals surface area contributed by atoms with Gasteiger partial charge in [-0.2, -0.15) is 0 Å². The number of aromatic nitrogens is 1. The molecule has 0 fully saturated rings. The van der Waals surface area contributed by atoms with Crippen LogP contribution >= 0.6 is 0 Å². The lowest BCUT2D eigenvalue weighted by atomic mass is 10.0. The number of hydrogen-bond acceptors (Lipinski definition) is 1. The van der Waals surface area contributed by atoms with Gasteiger partial charge in [-0.05, 0) is 31.0 Å². The lowest BCUT2D eigenvalue weighted by molar-refractivity contribution is 0.0686. The van der Waals surface area contributed by atoms with Gasteiger partial charge in [0.2, 0.25) is 0 Å². The molecule has 0 aliphatic carbocycles. The highest BCUT2D eigenvalue weighted by Gasteiger charge is 2.17. The first kappa shape index (κ1) is 11.5. The van der Waals surface area contributed by atoms with Gasteiger partial charge in [0.05, 0.1) is 0 Å². The first-order valence-electron chi connectivity index (χ1n) is 5.63. The van der Waals surface area contributed by atoms with Crippen LogP contribution in [0.2, 0.25) is 0 Å². The van der Waals surface area contributed by atoms with E-state index < -0.39 is 5.97 Å². The van der Waals surface area contributed by atoms with Gasteiger partial charge in [-0.25, -0.2) is 4.79 Å². The number of aromatic carboxylic acids is 1. The highest BCUT2D eigenvalue weighted by atomic mass is 16.4. The SMILES string of the molecule is CCn1ccc(-c2ccccc2C)c1C(=O)O. The van der Waals surface area contributed by atoms with Crippen molar-refractivity contribution in [3.8, 4) is 11.1 Å². The van der Waals surface area contributed by atoms with E-state index in [-0.39, 0.29) is 0 Å².